The van der Waals surface area contributed by atoms with E-state index < -0.39 is 6.10 Å². The molecule has 1 atom stereocenters. The summed E-state index contributed by atoms with van der Waals surface area (Å²) in [6, 6.07) is 18.5. The molecule has 1 N–H and O–H groups in total. The number of hydrogen-bond acceptors (Lipinski definition) is 3. The minimum Gasteiger partial charge on any atom is -0.389 e. The molecule has 3 aromatic rings. The molecular weight excluding hydrogens is 266 g/mol. The fourth-order valence-corrected chi connectivity index (χ4v) is 2.96. The van der Waals surface area contributed by atoms with Crippen molar-refractivity contribution in [1.82, 2.24) is 4.98 Å². The zero-order chi connectivity index (χ0) is 13.9. The van der Waals surface area contributed by atoms with Crippen LogP contribution in [0.4, 0.5) is 0 Å². The highest BCUT2D eigenvalue weighted by Crippen LogP contribution is 2.30. The Labute approximate surface area is 122 Å². The molecule has 0 amide bonds. The first-order valence-corrected chi connectivity index (χ1v) is 7.35. The Morgan fingerprint density at radius 3 is 2.60 bits per heavy atom. The molecule has 3 rings (SSSR count). The van der Waals surface area contributed by atoms with Crippen LogP contribution in [0.5, 0.6) is 0 Å². The molecule has 20 heavy (non-hydrogen) atoms. The van der Waals surface area contributed by atoms with E-state index >= 15 is 0 Å². The van der Waals surface area contributed by atoms with E-state index in [0.29, 0.717) is 0 Å². The number of hydrogen-bond donors (Lipinski definition) is 1. The Hall–Kier alpha value is -1.84. The van der Waals surface area contributed by atoms with Gasteiger partial charge in [-0.25, -0.2) is 4.98 Å². The highest BCUT2D eigenvalue weighted by atomic mass is 32.2. The second-order valence-electron chi connectivity index (χ2n) is 4.71. The molecule has 0 bridgehead atoms. The third kappa shape index (κ3) is 2.84. The standard InChI is InChI=1S/C17H15NOS/c1-12(19)14-8-9-18-17(11-14)20-16-7-6-13-4-2-3-5-15(13)10-16/h2-12,19H,1H3/t12-/m0/s1. The van der Waals surface area contributed by atoms with Crippen molar-refractivity contribution in [3.05, 3.63) is 66.4 Å². The predicted octanol–water partition coefficient (Wildman–Crippen LogP) is 4.44. The van der Waals surface area contributed by atoms with Crippen LogP contribution >= 0.6 is 11.8 Å². The maximum absolute atomic E-state index is 9.62. The number of aliphatic hydroxyl groups excluding tert-OH is 1. The largest absolute Gasteiger partial charge is 0.389 e. The number of fused-ring (bicyclic) bond motifs is 1. The summed E-state index contributed by atoms with van der Waals surface area (Å²) in [5.74, 6) is 0. The molecule has 0 aliphatic rings. The Bertz CT molecular complexity index is 740. The summed E-state index contributed by atoms with van der Waals surface area (Å²) in [4.78, 5) is 5.50. The van der Waals surface area contributed by atoms with Crippen molar-refractivity contribution >= 4 is 22.5 Å². The van der Waals surface area contributed by atoms with Crippen molar-refractivity contribution in [3.63, 3.8) is 0 Å². The SMILES string of the molecule is C[C@H](O)c1ccnc(Sc2ccc3ccccc3c2)c1. The molecule has 1 aromatic heterocycles. The average Bonchev–Trinajstić information content (AvgIpc) is 2.47. The maximum Gasteiger partial charge on any atom is 0.101 e. The van der Waals surface area contributed by atoms with Crippen molar-refractivity contribution in [2.24, 2.45) is 0 Å². The molecule has 2 aromatic carbocycles. The maximum atomic E-state index is 9.62. The van der Waals surface area contributed by atoms with Gasteiger partial charge < -0.3 is 5.11 Å². The quantitative estimate of drug-likeness (QED) is 0.770. The van der Waals surface area contributed by atoms with Gasteiger partial charge in [-0.1, -0.05) is 42.1 Å². The van der Waals surface area contributed by atoms with Gasteiger partial charge in [-0.15, -0.1) is 0 Å². The Balaban J connectivity index is 1.90. The van der Waals surface area contributed by atoms with Crippen molar-refractivity contribution < 1.29 is 5.11 Å². The predicted molar refractivity (Wildman–Crippen MR) is 82.9 cm³/mol. The van der Waals surface area contributed by atoms with Crippen molar-refractivity contribution in [1.29, 1.82) is 0 Å². The van der Waals surface area contributed by atoms with E-state index in [1.807, 2.05) is 24.3 Å². The Morgan fingerprint density at radius 2 is 1.80 bits per heavy atom. The lowest BCUT2D eigenvalue weighted by molar-refractivity contribution is 0.199. The van der Waals surface area contributed by atoms with Crippen LogP contribution < -0.4 is 0 Å². The fourth-order valence-electron chi connectivity index (χ4n) is 2.09. The van der Waals surface area contributed by atoms with Crippen LogP contribution in [0.25, 0.3) is 10.8 Å². The van der Waals surface area contributed by atoms with Crippen LogP contribution in [0.2, 0.25) is 0 Å². The van der Waals surface area contributed by atoms with E-state index in [2.05, 4.69) is 35.3 Å². The fraction of sp³-hybridized carbons (Fsp3) is 0.118. The van der Waals surface area contributed by atoms with Gasteiger partial charge in [-0.3, -0.25) is 0 Å². The summed E-state index contributed by atoms with van der Waals surface area (Å²) in [6.07, 6.45) is 1.28. The summed E-state index contributed by atoms with van der Waals surface area (Å²) in [6.45, 7) is 1.76. The lowest BCUT2D eigenvalue weighted by atomic mass is 10.1. The van der Waals surface area contributed by atoms with Crippen LogP contribution in [0, 0.1) is 0 Å². The lowest BCUT2D eigenvalue weighted by Gasteiger charge is -2.07. The first kappa shape index (κ1) is 13.2. The lowest BCUT2D eigenvalue weighted by Crippen LogP contribution is -1.92. The van der Waals surface area contributed by atoms with Gasteiger partial charge in [0.1, 0.15) is 5.03 Å². The molecule has 0 saturated heterocycles. The first-order chi connectivity index (χ1) is 9.72. The van der Waals surface area contributed by atoms with Gasteiger partial charge in [0.05, 0.1) is 6.10 Å². The molecule has 3 heteroatoms. The van der Waals surface area contributed by atoms with E-state index in [9.17, 15) is 5.11 Å². The first-order valence-electron chi connectivity index (χ1n) is 6.53. The Kier molecular flexibility index (Phi) is 3.72. The van der Waals surface area contributed by atoms with Gasteiger partial charge in [0.2, 0.25) is 0 Å². The molecule has 0 aliphatic heterocycles. The molecule has 100 valence electrons. The van der Waals surface area contributed by atoms with Gasteiger partial charge in [0, 0.05) is 11.1 Å². The van der Waals surface area contributed by atoms with E-state index in [4.69, 9.17) is 0 Å². The van der Waals surface area contributed by atoms with Crippen LogP contribution in [-0.4, -0.2) is 10.1 Å². The number of pyridine rings is 1. The van der Waals surface area contributed by atoms with E-state index in [1.165, 1.54) is 10.8 Å². The summed E-state index contributed by atoms with van der Waals surface area (Å²) < 4.78 is 0. The van der Waals surface area contributed by atoms with Gasteiger partial charge in [-0.05, 0) is 47.5 Å². The smallest absolute Gasteiger partial charge is 0.101 e. The molecule has 0 aliphatic carbocycles. The monoisotopic (exact) mass is 281 g/mol. The topological polar surface area (TPSA) is 33.1 Å². The summed E-state index contributed by atoms with van der Waals surface area (Å²) in [5.41, 5.74) is 0.892. The Morgan fingerprint density at radius 1 is 1.00 bits per heavy atom. The second-order valence-corrected chi connectivity index (χ2v) is 5.81. The summed E-state index contributed by atoms with van der Waals surface area (Å²) >= 11 is 1.61. The van der Waals surface area contributed by atoms with Gasteiger partial charge in [0.25, 0.3) is 0 Å². The normalized spacial score (nSPS) is 12.5. The highest BCUT2D eigenvalue weighted by molar-refractivity contribution is 7.99. The number of benzene rings is 2. The molecular formula is C17H15NOS. The van der Waals surface area contributed by atoms with E-state index in [-0.39, 0.29) is 0 Å². The molecule has 0 radical (unpaired) electrons. The second kappa shape index (κ2) is 5.65. The molecule has 0 unspecified atom stereocenters. The van der Waals surface area contributed by atoms with Crippen molar-refractivity contribution in [3.8, 4) is 0 Å². The number of aliphatic hydroxyl groups is 1. The molecule has 0 fully saturated rings. The molecule has 2 nitrogen and oxygen atoms in total. The van der Waals surface area contributed by atoms with Crippen molar-refractivity contribution in [2.45, 2.75) is 22.9 Å². The highest BCUT2D eigenvalue weighted by Gasteiger charge is 2.05. The van der Waals surface area contributed by atoms with Gasteiger partial charge >= 0.3 is 0 Å². The van der Waals surface area contributed by atoms with Crippen LogP contribution in [0.3, 0.4) is 0 Å². The van der Waals surface area contributed by atoms with Crippen molar-refractivity contribution in [2.75, 3.05) is 0 Å². The van der Waals surface area contributed by atoms with E-state index in [1.54, 1.807) is 24.9 Å². The van der Waals surface area contributed by atoms with Gasteiger partial charge in [-0.2, -0.15) is 0 Å². The molecule has 1 heterocycles. The number of rotatable bonds is 3. The van der Waals surface area contributed by atoms with E-state index in [0.717, 1.165) is 15.5 Å². The summed E-state index contributed by atoms with van der Waals surface area (Å²) in [5, 5.41) is 13.0. The zero-order valence-electron chi connectivity index (χ0n) is 11.2. The van der Waals surface area contributed by atoms with Crippen LogP contribution in [0.1, 0.15) is 18.6 Å². The molecule has 0 spiro atoms. The number of nitrogens with zero attached hydrogens (tertiary/aromatic N) is 1. The summed E-state index contributed by atoms with van der Waals surface area (Å²) in [7, 11) is 0. The minimum atomic E-state index is -0.464. The van der Waals surface area contributed by atoms with Crippen LogP contribution in [0.15, 0.2) is 70.7 Å². The third-order valence-corrected chi connectivity index (χ3v) is 4.11. The average molecular weight is 281 g/mol. The third-order valence-electron chi connectivity index (χ3n) is 3.18. The zero-order valence-corrected chi connectivity index (χ0v) is 12.0. The molecule has 0 saturated carbocycles. The van der Waals surface area contributed by atoms with Crippen LogP contribution in [-0.2, 0) is 0 Å². The minimum absolute atomic E-state index is 0.464. The number of aromatic nitrogens is 1. The van der Waals surface area contributed by atoms with Gasteiger partial charge in [0.15, 0.2) is 0 Å².